The second-order valence-electron chi connectivity index (χ2n) is 5.40. The summed E-state index contributed by atoms with van der Waals surface area (Å²) in [4.78, 5) is 0.353. The molecule has 0 aromatic heterocycles. The van der Waals surface area contributed by atoms with Crippen molar-refractivity contribution in [1.29, 1.82) is 0 Å². The molecule has 1 N–H and O–H groups in total. The first-order valence-electron chi connectivity index (χ1n) is 7.07. The Bertz CT molecular complexity index is 604. The number of nitrogens with zero attached hydrogens (tertiary/aromatic N) is 1. The Labute approximate surface area is 129 Å². The van der Waals surface area contributed by atoms with Crippen molar-refractivity contribution in [1.82, 2.24) is 9.62 Å². The molecule has 21 heavy (non-hydrogen) atoms. The molecule has 0 unspecified atom stereocenters. The monoisotopic (exact) mass is 330 g/mol. The van der Waals surface area contributed by atoms with Crippen molar-refractivity contribution in [3.05, 3.63) is 29.8 Å². The van der Waals surface area contributed by atoms with Gasteiger partial charge in [-0.3, -0.25) is 4.21 Å². The average Bonchev–Trinajstić information content (AvgIpc) is 2.46. The van der Waals surface area contributed by atoms with Gasteiger partial charge in [0.2, 0.25) is 10.0 Å². The molecule has 0 spiro atoms. The van der Waals surface area contributed by atoms with Crippen LogP contribution in [-0.4, -0.2) is 47.6 Å². The maximum atomic E-state index is 12.8. The minimum Gasteiger partial charge on any atom is -0.310 e. The molecule has 1 aromatic carbocycles. The van der Waals surface area contributed by atoms with E-state index in [0.717, 1.165) is 5.56 Å². The quantitative estimate of drug-likeness (QED) is 0.872. The Morgan fingerprint density at radius 3 is 2.48 bits per heavy atom. The second kappa shape index (κ2) is 7.00. The minimum atomic E-state index is -3.51. The number of benzene rings is 1. The molecule has 0 saturated carbocycles. The van der Waals surface area contributed by atoms with Gasteiger partial charge in [-0.15, -0.1) is 0 Å². The van der Waals surface area contributed by atoms with Gasteiger partial charge >= 0.3 is 0 Å². The molecule has 1 aliphatic rings. The van der Waals surface area contributed by atoms with Crippen LogP contribution in [0, 0.1) is 0 Å². The summed E-state index contributed by atoms with van der Waals surface area (Å²) in [6.45, 7) is 5.24. The van der Waals surface area contributed by atoms with E-state index in [0.29, 0.717) is 36.0 Å². The minimum absolute atomic E-state index is 0.290. The summed E-state index contributed by atoms with van der Waals surface area (Å²) < 4.78 is 38.4. The summed E-state index contributed by atoms with van der Waals surface area (Å²) >= 11 is 0. The molecular weight excluding hydrogens is 308 g/mol. The van der Waals surface area contributed by atoms with E-state index >= 15 is 0 Å². The number of sulfonamides is 1. The molecule has 1 fully saturated rings. The van der Waals surface area contributed by atoms with Gasteiger partial charge in [-0.25, -0.2) is 8.42 Å². The third-order valence-corrected chi connectivity index (χ3v) is 6.70. The van der Waals surface area contributed by atoms with E-state index in [1.807, 2.05) is 26.0 Å². The van der Waals surface area contributed by atoms with Gasteiger partial charge in [0.05, 0.1) is 4.90 Å². The molecule has 118 valence electrons. The van der Waals surface area contributed by atoms with Crippen LogP contribution in [-0.2, 0) is 27.4 Å². The van der Waals surface area contributed by atoms with Crippen molar-refractivity contribution in [2.75, 3.05) is 24.6 Å². The highest BCUT2D eigenvalue weighted by atomic mass is 32.2. The molecule has 0 radical (unpaired) electrons. The maximum Gasteiger partial charge on any atom is 0.243 e. The molecule has 7 heteroatoms. The van der Waals surface area contributed by atoms with E-state index in [1.165, 1.54) is 4.31 Å². The van der Waals surface area contributed by atoms with E-state index < -0.39 is 20.8 Å². The Kier molecular flexibility index (Phi) is 5.54. The van der Waals surface area contributed by atoms with Crippen molar-refractivity contribution in [3.63, 3.8) is 0 Å². The fourth-order valence-electron chi connectivity index (χ4n) is 2.22. The van der Waals surface area contributed by atoms with Crippen LogP contribution in [0.5, 0.6) is 0 Å². The van der Waals surface area contributed by atoms with Crippen LogP contribution in [0.2, 0.25) is 0 Å². The first-order valence-corrected chi connectivity index (χ1v) is 10.0. The molecule has 1 saturated heterocycles. The summed E-state index contributed by atoms with van der Waals surface area (Å²) in [7, 11) is -4.39. The topological polar surface area (TPSA) is 66.5 Å². The lowest BCUT2D eigenvalue weighted by molar-refractivity contribution is 0.437. The number of rotatable bonds is 5. The van der Waals surface area contributed by atoms with Crippen LogP contribution in [0.1, 0.15) is 19.4 Å². The van der Waals surface area contributed by atoms with Gasteiger partial charge in [-0.2, -0.15) is 4.31 Å². The zero-order valence-corrected chi connectivity index (χ0v) is 14.0. The molecule has 2 rings (SSSR count). The van der Waals surface area contributed by atoms with E-state index in [4.69, 9.17) is 0 Å². The summed E-state index contributed by atoms with van der Waals surface area (Å²) in [6, 6.07) is 7.37. The predicted octanol–water partition coefficient (Wildman–Crippen LogP) is 0.938. The molecule has 1 heterocycles. The maximum absolute atomic E-state index is 12.8. The molecular formula is C14H22N2O3S2. The highest BCUT2D eigenvalue weighted by Crippen LogP contribution is 2.21. The van der Waals surface area contributed by atoms with Crippen LogP contribution in [0.4, 0.5) is 0 Å². The SMILES string of the molecule is CC(C)NCc1ccccc1S(=O)(=O)N1CCS(=O)CC1. The van der Waals surface area contributed by atoms with Crippen LogP contribution in [0.3, 0.4) is 0 Å². The van der Waals surface area contributed by atoms with Gasteiger partial charge in [-0.1, -0.05) is 32.0 Å². The van der Waals surface area contributed by atoms with Gasteiger partial charge in [0.15, 0.2) is 0 Å². The van der Waals surface area contributed by atoms with E-state index in [1.54, 1.807) is 12.1 Å². The Balaban J connectivity index is 2.25. The van der Waals surface area contributed by atoms with Crippen LogP contribution in [0.25, 0.3) is 0 Å². The Hall–Kier alpha value is -0.760. The zero-order chi connectivity index (χ0) is 15.5. The van der Waals surface area contributed by atoms with Crippen LogP contribution >= 0.6 is 0 Å². The Morgan fingerprint density at radius 2 is 1.86 bits per heavy atom. The summed E-state index contributed by atoms with van der Waals surface area (Å²) in [5, 5.41) is 3.25. The smallest absolute Gasteiger partial charge is 0.243 e. The molecule has 0 atom stereocenters. The van der Waals surface area contributed by atoms with Gasteiger partial charge in [0, 0.05) is 48.0 Å². The second-order valence-corrected chi connectivity index (χ2v) is 9.00. The van der Waals surface area contributed by atoms with E-state index in [-0.39, 0.29) is 6.04 Å². The highest BCUT2D eigenvalue weighted by molar-refractivity contribution is 7.89. The number of hydrogen-bond donors (Lipinski definition) is 1. The zero-order valence-electron chi connectivity index (χ0n) is 12.4. The average molecular weight is 330 g/mol. The predicted molar refractivity (Wildman–Crippen MR) is 85.1 cm³/mol. The largest absolute Gasteiger partial charge is 0.310 e. The van der Waals surface area contributed by atoms with Crippen molar-refractivity contribution in [3.8, 4) is 0 Å². The Morgan fingerprint density at radius 1 is 1.24 bits per heavy atom. The summed E-state index contributed by atoms with van der Waals surface area (Å²) in [5.41, 5.74) is 0.776. The molecule has 0 bridgehead atoms. The first-order chi connectivity index (χ1) is 9.91. The first kappa shape index (κ1) is 16.6. The van der Waals surface area contributed by atoms with Gasteiger partial charge in [-0.05, 0) is 11.6 Å². The van der Waals surface area contributed by atoms with Gasteiger partial charge in [0.1, 0.15) is 0 Å². The van der Waals surface area contributed by atoms with Crippen molar-refractivity contribution in [2.24, 2.45) is 0 Å². The molecule has 1 aliphatic heterocycles. The summed E-state index contributed by atoms with van der Waals surface area (Å²) in [5.74, 6) is 0.845. The molecule has 1 aromatic rings. The van der Waals surface area contributed by atoms with E-state index in [9.17, 15) is 12.6 Å². The van der Waals surface area contributed by atoms with Crippen LogP contribution < -0.4 is 5.32 Å². The summed E-state index contributed by atoms with van der Waals surface area (Å²) in [6.07, 6.45) is 0. The van der Waals surface area contributed by atoms with Gasteiger partial charge < -0.3 is 5.32 Å². The normalized spacial score (nSPS) is 18.2. The lowest BCUT2D eigenvalue weighted by Crippen LogP contribution is -2.42. The lowest BCUT2D eigenvalue weighted by Gasteiger charge is -2.26. The third kappa shape index (κ3) is 4.12. The highest BCUT2D eigenvalue weighted by Gasteiger charge is 2.29. The fourth-order valence-corrected chi connectivity index (χ4v) is 5.16. The van der Waals surface area contributed by atoms with Gasteiger partial charge in [0.25, 0.3) is 0 Å². The molecule has 5 nitrogen and oxygen atoms in total. The van der Waals surface area contributed by atoms with E-state index in [2.05, 4.69) is 5.32 Å². The van der Waals surface area contributed by atoms with Crippen LogP contribution in [0.15, 0.2) is 29.2 Å². The third-order valence-electron chi connectivity index (χ3n) is 3.43. The number of hydrogen-bond acceptors (Lipinski definition) is 4. The lowest BCUT2D eigenvalue weighted by atomic mass is 10.2. The van der Waals surface area contributed by atoms with Crippen molar-refractivity contribution >= 4 is 20.8 Å². The molecule has 0 aliphatic carbocycles. The van der Waals surface area contributed by atoms with Crippen molar-refractivity contribution < 1.29 is 12.6 Å². The number of nitrogens with one attached hydrogen (secondary N) is 1. The fraction of sp³-hybridized carbons (Fsp3) is 0.571. The van der Waals surface area contributed by atoms with Crippen molar-refractivity contribution in [2.45, 2.75) is 31.3 Å². The standard InChI is InChI=1S/C14H22N2O3S2/c1-12(2)15-11-13-5-3-4-6-14(13)21(18,19)16-7-9-20(17)10-8-16/h3-6,12,15H,7-11H2,1-2H3. The molecule has 0 amide bonds.